The quantitative estimate of drug-likeness (QED) is 0.836. The van der Waals surface area contributed by atoms with Crippen molar-refractivity contribution in [2.45, 2.75) is 13.1 Å². The molecule has 2 rings (SSSR count). The van der Waals surface area contributed by atoms with E-state index in [1.807, 2.05) is 36.2 Å². The fourth-order valence-corrected chi connectivity index (χ4v) is 2.03. The van der Waals surface area contributed by atoms with Gasteiger partial charge in [0, 0.05) is 18.7 Å². The molecule has 0 amide bonds. The number of hydrogen-bond donors (Lipinski definition) is 0. The van der Waals surface area contributed by atoms with Crippen molar-refractivity contribution in [1.82, 2.24) is 4.90 Å². The van der Waals surface area contributed by atoms with Crippen LogP contribution in [0.4, 0.5) is 4.39 Å². The van der Waals surface area contributed by atoms with Crippen LogP contribution >= 0.6 is 0 Å². The minimum Gasteiger partial charge on any atom is -0.298 e. The third kappa shape index (κ3) is 3.40. The van der Waals surface area contributed by atoms with Crippen LogP contribution in [-0.4, -0.2) is 11.9 Å². The minimum absolute atomic E-state index is 0.192. The molecule has 0 aliphatic rings. The van der Waals surface area contributed by atoms with Gasteiger partial charge in [-0.05, 0) is 24.7 Å². The molecule has 0 atom stereocenters. The molecule has 0 aromatic heterocycles. The molecule has 0 saturated carbocycles. The van der Waals surface area contributed by atoms with Gasteiger partial charge in [-0.1, -0.05) is 36.4 Å². The van der Waals surface area contributed by atoms with Crippen molar-refractivity contribution in [2.75, 3.05) is 7.05 Å². The lowest BCUT2D eigenvalue weighted by molar-refractivity contribution is 0.313. The van der Waals surface area contributed by atoms with E-state index in [1.54, 1.807) is 18.2 Å². The Hall–Kier alpha value is -2.18. The minimum atomic E-state index is -0.192. The smallest absolute Gasteiger partial charge is 0.127 e. The number of halogens is 1. The Bertz CT molecular complexity index is 602. The molecule has 0 spiro atoms. The van der Waals surface area contributed by atoms with Crippen molar-refractivity contribution in [3.8, 4) is 6.07 Å². The van der Waals surface area contributed by atoms with Crippen molar-refractivity contribution in [2.24, 2.45) is 0 Å². The third-order valence-electron chi connectivity index (χ3n) is 2.98. The van der Waals surface area contributed by atoms with Crippen LogP contribution in [0.25, 0.3) is 0 Å². The van der Waals surface area contributed by atoms with Crippen LogP contribution in [0.5, 0.6) is 0 Å². The second-order valence-corrected chi connectivity index (χ2v) is 4.53. The molecule has 0 N–H and O–H groups in total. The molecule has 2 aromatic carbocycles. The van der Waals surface area contributed by atoms with Gasteiger partial charge < -0.3 is 0 Å². The van der Waals surface area contributed by atoms with E-state index >= 15 is 0 Å². The predicted octanol–water partition coefficient (Wildman–Crippen LogP) is 3.33. The highest BCUT2D eigenvalue weighted by atomic mass is 19.1. The van der Waals surface area contributed by atoms with Crippen LogP contribution in [0.15, 0.2) is 48.5 Å². The molecule has 0 unspecified atom stereocenters. The zero-order valence-corrected chi connectivity index (χ0v) is 10.8. The van der Waals surface area contributed by atoms with Crippen molar-refractivity contribution < 1.29 is 4.39 Å². The first-order chi connectivity index (χ1) is 9.20. The van der Waals surface area contributed by atoms with Crippen molar-refractivity contribution in [3.05, 3.63) is 71.0 Å². The molecule has 0 fully saturated rings. The zero-order chi connectivity index (χ0) is 13.7. The number of hydrogen-bond acceptors (Lipinski definition) is 2. The molecule has 0 heterocycles. The second-order valence-electron chi connectivity index (χ2n) is 4.53. The maximum atomic E-state index is 13.6. The van der Waals surface area contributed by atoms with Gasteiger partial charge in [0.1, 0.15) is 5.82 Å². The molecule has 3 heteroatoms. The Morgan fingerprint density at radius 2 is 1.58 bits per heavy atom. The molecule has 96 valence electrons. The van der Waals surface area contributed by atoms with E-state index in [9.17, 15) is 4.39 Å². The fraction of sp³-hybridized carbons (Fsp3) is 0.188. The highest BCUT2D eigenvalue weighted by Crippen LogP contribution is 2.13. The lowest BCUT2D eigenvalue weighted by atomic mass is 10.1. The summed E-state index contributed by atoms with van der Waals surface area (Å²) in [4.78, 5) is 1.99. The van der Waals surface area contributed by atoms with Crippen molar-refractivity contribution >= 4 is 0 Å². The average Bonchev–Trinajstić information content (AvgIpc) is 2.42. The Balaban J connectivity index is 2.08. The van der Waals surface area contributed by atoms with Gasteiger partial charge >= 0.3 is 0 Å². The first-order valence-electron chi connectivity index (χ1n) is 6.10. The van der Waals surface area contributed by atoms with Gasteiger partial charge in [0.15, 0.2) is 0 Å². The molecule has 0 aliphatic heterocycles. The SMILES string of the molecule is CN(Cc1ccccc1F)Cc1ccccc1C#N. The van der Waals surface area contributed by atoms with E-state index in [2.05, 4.69) is 6.07 Å². The van der Waals surface area contributed by atoms with Gasteiger partial charge in [0.25, 0.3) is 0 Å². The van der Waals surface area contributed by atoms with Crippen molar-refractivity contribution in [1.29, 1.82) is 5.26 Å². The predicted molar refractivity (Wildman–Crippen MR) is 72.7 cm³/mol. The summed E-state index contributed by atoms with van der Waals surface area (Å²) in [5.41, 5.74) is 2.30. The summed E-state index contributed by atoms with van der Waals surface area (Å²) in [7, 11) is 1.92. The summed E-state index contributed by atoms with van der Waals surface area (Å²) >= 11 is 0. The Kier molecular flexibility index (Phi) is 4.27. The number of nitrogens with zero attached hydrogens (tertiary/aromatic N) is 2. The number of nitriles is 1. The monoisotopic (exact) mass is 254 g/mol. The fourth-order valence-electron chi connectivity index (χ4n) is 2.03. The molecule has 0 bridgehead atoms. The van der Waals surface area contributed by atoms with Crippen LogP contribution in [0.2, 0.25) is 0 Å². The molecular weight excluding hydrogens is 239 g/mol. The van der Waals surface area contributed by atoms with Gasteiger partial charge in [-0.25, -0.2) is 4.39 Å². The van der Waals surface area contributed by atoms with E-state index in [4.69, 9.17) is 5.26 Å². The Labute approximate surface area is 112 Å². The van der Waals surface area contributed by atoms with Gasteiger partial charge in [-0.3, -0.25) is 4.90 Å². The number of benzene rings is 2. The van der Waals surface area contributed by atoms with E-state index < -0.39 is 0 Å². The number of rotatable bonds is 4. The van der Waals surface area contributed by atoms with E-state index in [1.165, 1.54) is 6.07 Å². The molecule has 0 saturated heterocycles. The second kappa shape index (κ2) is 6.12. The van der Waals surface area contributed by atoms with Crippen LogP contribution in [-0.2, 0) is 13.1 Å². The van der Waals surface area contributed by atoms with Crippen LogP contribution in [0.3, 0.4) is 0 Å². The lowest BCUT2D eigenvalue weighted by Crippen LogP contribution is -2.18. The molecule has 0 radical (unpaired) electrons. The van der Waals surface area contributed by atoms with Crippen molar-refractivity contribution in [3.63, 3.8) is 0 Å². The van der Waals surface area contributed by atoms with Crippen LogP contribution in [0, 0.1) is 17.1 Å². The van der Waals surface area contributed by atoms with E-state index in [-0.39, 0.29) is 5.82 Å². The van der Waals surface area contributed by atoms with Gasteiger partial charge in [-0.15, -0.1) is 0 Å². The molecular formula is C16H15FN2. The van der Waals surface area contributed by atoms with Gasteiger partial charge in [0.2, 0.25) is 0 Å². The van der Waals surface area contributed by atoms with E-state index in [0.29, 0.717) is 24.2 Å². The maximum absolute atomic E-state index is 13.6. The Morgan fingerprint density at radius 3 is 2.26 bits per heavy atom. The first-order valence-corrected chi connectivity index (χ1v) is 6.10. The summed E-state index contributed by atoms with van der Waals surface area (Å²) in [5, 5.41) is 9.04. The molecule has 0 aliphatic carbocycles. The highest BCUT2D eigenvalue weighted by Gasteiger charge is 2.08. The lowest BCUT2D eigenvalue weighted by Gasteiger charge is -2.17. The summed E-state index contributed by atoms with van der Waals surface area (Å²) < 4.78 is 13.6. The van der Waals surface area contributed by atoms with Crippen LogP contribution < -0.4 is 0 Å². The van der Waals surface area contributed by atoms with Gasteiger partial charge in [-0.2, -0.15) is 5.26 Å². The van der Waals surface area contributed by atoms with Crippen LogP contribution in [0.1, 0.15) is 16.7 Å². The van der Waals surface area contributed by atoms with E-state index in [0.717, 1.165) is 5.56 Å². The normalized spacial score (nSPS) is 10.4. The summed E-state index contributed by atoms with van der Waals surface area (Å²) in [5.74, 6) is -0.192. The summed E-state index contributed by atoms with van der Waals surface area (Å²) in [6.07, 6.45) is 0. The summed E-state index contributed by atoms with van der Waals surface area (Å²) in [6, 6.07) is 16.4. The first kappa shape index (κ1) is 13.3. The highest BCUT2D eigenvalue weighted by molar-refractivity contribution is 5.37. The zero-order valence-electron chi connectivity index (χ0n) is 10.8. The molecule has 19 heavy (non-hydrogen) atoms. The maximum Gasteiger partial charge on any atom is 0.127 e. The van der Waals surface area contributed by atoms with Gasteiger partial charge in [0.05, 0.1) is 11.6 Å². The largest absolute Gasteiger partial charge is 0.298 e. The molecule has 2 aromatic rings. The average molecular weight is 254 g/mol. The molecule has 2 nitrogen and oxygen atoms in total. The third-order valence-corrected chi connectivity index (χ3v) is 2.98. The topological polar surface area (TPSA) is 27.0 Å². The standard InChI is InChI=1S/C16H15FN2/c1-19(12-15-8-4-5-9-16(15)17)11-14-7-3-2-6-13(14)10-18/h2-9H,11-12H2,1H3. The summed E-state index contributed by atoms with van der Waals surface area (Å²) in [6.45, 7) is 1.14. The Morgan fingerprint density at radius 1 is 1.00 bits per heavy atom.